The van der Waals surface area contributed by atoms with Crippen LogP contribution in [-0.2, 0) is 4.79 Å². The normalized spacial score (nSPS) is 12.8. The molecule has 0 spiro atoms. The van der Waals surface area contributed by atoms with Gasteiger partial charge in [-0.2, -0.15) is 0 Å². The van der Waals surface area contributed by atoms with Crippen molar-refractivity contribution in [3.63, 3.8) is 0 Å². The lowest BCUT2D eigenvalue weighted by Crippen LogP contribution is -2.45. The predicted octanol–water partition coefficient (Wildman–Crippen LogP) is 1.84. The van der Waals surface area contributed by atoms with Crippen molar-refractivity contribution in [3.05, 3.63) is 27.8 Å². The smallest absolute Gasteiger partial charge is 0.326 e. The van der Waals surface area contributed by atoms with Crippen molar-refractivity contribution in [1.82, 2.24) is 5.32 Å². The molecule has 0 fully saturated rings. The van der Waals surface area contributed by atoms with Gasteiger partial charge in [-0.25, -0.2) is 4.79 Å². The number of hydrogen-bond acceptors (Lipinski definition) is 6. The van der Waals surface area contributed by atoms with Crippen molar-refractivity contribution >= 4 is 17.6 Å². The topological polar surface area (TPSA) is 128 Å². The fourth-order valence-corrected chi connectivity index (χ4v) is 2.12. The molecule has 1 aromatic rings. The van der Waals surface area contributed by atoms with Crippen LogP contribution in [0.15, 0.2) is 12.1 Å². The number of carboxylic acid groups (broad SMARTS) is 1. The predicted molar refractivity (Wildman–Crippen MR) is 84.5 cm³/mol. The zero-order valence-electron chi connectivity index (χ0n) is 13.9. The molecular weight excluding hydrogens is 320 g/mol. The third-order valence-corrected chi connectivity index (χ3v) is 3.68. The Kier molecular flexibility index (Phi) is 6.51. The molecule has 2 atom stereocenters. The molecule has 0 aromatic heterocycles. The number of nitro benzene ring substituents is 1. The highest BCUT2D eigenvalue weighted by Gasteiger charge is 2.28. The van der Waals surface area contributed by atoms with E-state index in [0.717, 1.165) is 6.07 Å². The Bertz CT molecular complexity index is 645. The number of benzene rings is 1. The van der Waals surface area contributed by atoms with Crippen LogP contribution in [0.2, 0.25) is 0 Å². The number of carbonyl (C=O) groups is 2. The molecule has 0 saturated carbocycles. The van der Waals surface area contributed by atoms with Gasteiger partial charge in [0.25, 0.3) is 5.91 Å². The van der Waals surface area contributed by atoms with E-state index in [1.54, 1.807) is 13.8 Å². The number of carboxylic acids is 1. The molecule has 0 aliphatic heterocycles. The van der Waals surface area contributed by atoms with Gasteiger partial charge < -0.3 is 19.9 Å². The molecule has 1 amide bonds. The van der Waals surface area contributed by atoms with Crippen LogP contribution in [0.3, 0.4) is 0 Å². The van der Waals surface area contributed by atoms with Crippen LogP contribution in [0.4, 0.5) is 5.69 Å². The van der Waals surface area contributed by atoms with Crippen LogP contribution in [0.25, 0.3) is 0 Å². The number of nitrogens with zero attached hydrogens (tertiary/aromatic N) is 1. The summed E-state index contributed by atoms with van der Waals surface area (Å²) < 4.78 is 9.96. The fraction of sp³-hybridized carbons (Fsp3) is 0.467. The first kappa shape index (κ1) is 19.2. The average Bonchev–Trinajstić information content (AvgIpc) is 2.56. The number of carbonyl (C=O) groups excluding carboxylic acids is 1. The minimum Gasteiger partial charge on any atom is -0.493 e. The second-order valence-electron chi connectivity index (χ2n) is 5.16. The fourth-order valence-electron chi connectivity index (χ4n) is 2.12. The van der Waals surface area contributed by atoms with Gasteiger partial charge >= 0.3 is 11.7 Å². The second kappa shape index (κ2) is 8.14. The Hall–Kier alpha value is -2.84. The summed E-state index contributed by atoms with van der Waals surface area (Å²) in [5.41, 5.74) is -0.536. The van der Waals surface area contributed by atoms with Crippen molar-refractivity contribution in [3.8, 4) is 11.5 Å². The Morgan fingerprint density at radius 3 is 2.38 bits per heavy atom. The molecule has 0 unspecified atom stereocenters. The highest BCUT2D eigenvalue weighted by atomic mass is 16.6. The molecule has 0 aliphatic carbocycles. The minimum absolute atomic E-state index is 0.00673. The molecule has 132 valence electrons. The molecule has 1 rings (SSSR count). The van der Waals surface area contributed by atoms with Crippen LogP contribution in [0, 0.1) is 16.0 Å². The van der Waals surface area contributed by atoms with Gasteiger partial charge in [0.05, 0.1) is 24.7 Å². The number of ether oxygens (including phenoxy) is 2. The lowest BCUT2D eigenvalue weighted by Gasteiger charge is -2.20. The van der Waals surface area contributed by atoms with Gasteiger partial charge in [0.1, 0.15) is 6.04 Å². The molecule has 0 bridgehead atoms. The molecule has 0 radical (unpaired) electrons. The summed E-state index contributed by atoms with van der Waals surface area (Å²) in [6.45, 7) is 3.49. The Balaban J connectivity index is 3.25. The van der Waals surface area contributed by atoms with E-state index in [2.05, 4.69) is 5.32 Å². The third kappa shape index (κ3) is 4.12. The quantitative estimate of drug-likeness (QED) is 0.546. The molecular formula is C15H20N2O7. The lowest BCUT2D eigenvalue weighted by molar-refractivity contribution is -0.385. The van der Waals surface area contributed by atoms with Crippen LogP contribution >= 0.6 is 0 Å². The lowest BCUT2D eigenvalue weighted by atomic mass is 9.99. The van der Waals surface area contributed by atoms with E-state index in [0.29, 0.717) is 6.42 Å². The number of aliphatic carboxylic acids is 1. The minimum atomic E-state index is -1.17. The zero-order valence-corrected chi connectivity index (χ0v) is 13.9. The first-order valence-corrected chi connectivity index (χ1v) is 7.20. The van der Waals surface area contributed by atoms with Crippen LogP contribution in [0.1, 0.15) is 30.6 Å². The number of methoxy groups -OCH3 is 2. The molecule has 9 heteroatoms. The first-order chi connectivity index (χ1) is 11.3. The number of amides is 1. The van der Waals surface area contributed by atoms with Gasteiger partial charge in [0, 0.05) is 6.07 Å². The van der Waals surface area contributed by atoms with E-state index in [4.69, 9.17) is 9.47 Å². The van der Waals surface area contributed by atoms with Gasteiger partial charge in [-0.3, -0.25) is 14.9 Å². The van der Waals surface area contributed by atoms with Gasteiger partial charge in [-0.1, -0.05) is 20.3 Å². The summed E-state index contributed by atoms with van der Waals surface area (Å²) in [4.78, 5) is 34.1. The van der Waals surface area contributed by atoms with E-state index in [9.17, 15) is 24.8 Å². The van der Waals surface area contributed by atoms with E-state index >= 15 is 0 Å². The summed E-state index contributed by atoms with van der Waals surface area (Å²) in [7, 11) is 2.52. The van der Waals surface area contributed by atoms with E-state index in [1.807, 2.05) is 0 Å². The van der Waals surface area contributed by atoms with E-state index < -0.39 is 28.5 Å². The number of rotatable bonds is 8. The molecule has 1 aromatic carbocycles. The Morgan fingerprint density at radius 1 is 1.33 bits per heavy atom. The highest BCUT2D eigenvalue weighted by molar-refractivity contribution is 5.98. The van der Waals surface area contributed by atoms with Crippen molar-refractivity contribution in [2.75, 3.05) is 14.2 Å². The van der Waals surface area contributed by atoms with Crippen molar-refractivity contribution in [2.24, 2.45) is 5.92 Å². The first-order valence-electron chi connectivity index (χ1n) is 7.20. The maximum Gasteiger partial charge on any atom is 0.326 e. The van der Waals surface area contributed by atoms with Gasteiger partial charge in [-0.15, -0.1) is 0 Å². The molecule has 0 aliphatic rings. The van der Waals surface area contributed by atoms with Gasteiger partial charge in [0.2, 0.25) is 5.75 Å². The molecule has 2 N–H and O–H groups in total. The van der Waals surface area contributed by atoms with Gasteiger partial charge in [-0.05, 0) is 12.0 Å². The summed E-state index contributed by atoms with van der Waals surface area (Å²) in [6, 6.07) is 1.18. The van der Waals surface area contributed by atoms with Crippen molar-refractivity contribution < 1.29 is 29.1 Å². The van der Waals surface area contributed by atoms with E-state index in [-0.39, 0.29) is 23.0 Å². The van der Waals surface area contributed by atoms with Crippen molar-refractivity contribution in [2.45, 2.75) is 26.3 Å². The maximum absolute atomic E-state index is 12.3. The summed E-state index contributed by atoms with van der Waals surface area (Å²) >= 11 is 0. The molecule has 9 nitrogen and oxygen atoms in total. The van der Waals surface area contributed by atoms with Crippen molar-refractivity contribution in [1.29, 1.82) is 0 Å². The molecule has 0 saturated heterocycles. The van der Waals surface area contributed by atoms with Crippen LogP contribution in [-0.4, -0.2) is 42.2 Å². The summed E-state index contributed by atoms with van der Waals surface area (Å²) in [5.74, 6) is -2.33. The van der Waals surface area contributed by atoms with E-state index in [1.165, 1.54) is 20.3 Å². The molecule has 0 heterocycles. The standard InChI is InChI=1S/C15H20N2O7/c1-5-8(2)12(15(19)20)16-14(18)9-6-10(17(21)22)13(24-4)11(7-9)23-3/h6-8,12H,5H2,1-4H3,(H,16,18)(H,19,20)/t8-,12-/m0/s1. The SMILES string of the molecule is CC[C@H](C)[C@H](NC(=O)c1cc(OC)c(OC)c([N+](=O)[O-])c1)C(=O)O. The number of nitro groups is 1. The average molecular weight is 340 g/mol. The number of hydrogen-bond donors (Lipinski definition) is 2. The van der Waals surface area contributed by atoms with Crippen LogP contribution in [0.5, 0.6) is 11.5 Å². The Morgan fingerprint density at radius 2 is 1.96 bits per heavy atom. The molecule has 24 heavy (non-hydrogen) atoms. The maximum atomic E-state index is 12.3. The highest BCUT2D eigenvalue weighted by Crippen LogP contribution is 2.37. The summed E-state index contributed by atoms with van der Waals surface area (Å²) in [6.07, 6.45) is 0.545. The number of nitrogens with one attached hydrogen (secondary N) is 1. The second-order valence-corrected chi connectivity index (χ2v) is 5.16. The zero-order chi connectivity index (χ0) is 18.4. The summed E-state index contributed by atoms with van der Waals surface area (Å²) in [5, 5.41) is 22.8. The Labute approximate surface area is 138 Å². The van der Waals surface area contributed by atoms with Crippen LogP contribution < -0.4 is 14.8 Å². The largest absolute Gasteiger partial charge is 0.493 e. The van der Waals surface area contributed by atoms with Gasteiger partial charge in [0.15, 0.2) is 5.75 Å². The third-order valence-electron chi connectivity index (χ3n) is 3.68. The monoisotopic (exact) mass is 340 g/mol.